The van der Waals surface area contributed by atoms with Crippen LogP contribution in [0.3, 0.4) is 0 Å². The zero-order valence-corrected chi connectivity index (χ0v) is 11.9. The van der Waals surface area contributed by atoms with Gasteiger partial charge in [0.05, 0.1) is 5.56 Å². The second kappa shape index (κ2) is 6.41. The number of benzene rings is 1. The summed E-state index contributed by atoms with van der Waals surface area (Å²) in [4.78, 5) is 12.4. The molecule has 0 bridgehead atoms. The smallest absolute Gasteiger partial charge is 0.326 e. The minimum atomic E-state index is -0.230. The van der Waals surface area contributed by atoms with Crippen molar-refractivity contribution >= 4 is 11.8 Å². The van der Waals surface area contributed by atoms with E-state index in [9.17, 15) is 10.1 Å². The quantitative estimate of drug-likeness (QED) is 0.868. The predicted molar refractivity (Wildman–Crippen MR) is 76.3 cm³/mol. The van der Waals surface area contributed by atoms with E-state index in [-0.39, 0.29) is 5.69 Å². The fourth-order valence-electron chi connectivity index (χ4n) is 1.78. The van der Waals surface area contributed by atoms with Crippen molar-refractivity contribution in [2.75, 3.05) is 0 Å². The van der Waals surface area contributed by atoms with Gasteiger partial charge in [0.25, 0.3) is 0 Å². The third kappa shape index (κ3) is 2.92. The van der Waals surface area contributed by atoms with Crippen LogP contribution >= 0.6 is 11.8 Å². The van der Waals surface area contributed by atoms with Crippen LogP contribution in [-0.4, -0.2) is 14.8 Å². The summed E-state index contributed by atoms with van der Waals surface area (Å²) in [6, 6.07) is 7.62. The fraction of sp³-hybridized carbons (Fsp3) is 0.308. The zero-order chi connectivity index (χ0) is 14.5. The maximum atomic E-state index is 11.6. The van der Waals surface area contributed by atoms with Gasteiger partial charge in [-0.15, -0.1) is 5.10 Å². The lowest BCUT2D eigenvalue weighted by atomic mass is 10.1. The number of rotatable bonds is 5. The first-order valence-electron chi connectivity index (χ1n) is 6.25. The summed E-state index contributed by atoms with van der Waals surface area (Å²) in [7, 11) is 0. The molecular weight excluding hydrogens is 274 g/mol. The van der Waals surface area contributed by atoms with Crippen molar-refractivity contribution in [2.24, 2.45) is 5.73 Å². The van der Waals surface area contributed by atoms with Gasteiger partial charge in [-0.1, -0.05) is 13.0 Å². The van der Waals surface area contributed by atoms with E-state index >= 15 is 0 Å². The van der Waals surface area contributed by atoms with Crippen LogP contribution in [0, 0.1) is 11.3 Å². The average Bonchev–Trinajstić information content (AvgIpc) is 2.81. The monoisotopic (exact) mass is 289 g/mol. The zero-order valence-electron chi connectivity index (χ0n) is 11.1. The number of nitrogens with two attached hydrogens (primary N) is 1. The van der Waals surface area contributed by atoms with Crippen molar-refractivity contribution in [3.8, 4) is 6.07 Å². The largest absolute Gasteiger partial charge is 0.343 e. The van der Waals surface area contributed by atoms with E-state index in [0.29, 0.717) is 23.8 Å². The van der Waals surface area contributed by atoms with Gasteiger partial charge in [-0.3, -0.25) is 4.57 Å². The number of aromatic nitrogens is 3. The summed E-state index contributed by atoms with van der Waals surface area (Å²) >= 11 is 1.30. The Labute approximate surface area is 120 Å². The van der Waals surface area contributed by atoms with E-state index in [0.717, 1.165) is 16.9 Å². The molecule has 0 unspecified atom stereocenters. The minimum absolute atomic E-state index is 0.230. The summed E-state index contributed by atoms with van der Waals surface area (Å²) in [5, 5.41) is 16.2. The number of nitrogens with one attached hydrogen (secondary N) is 1. The molecular formula is C13H15N5OS. The molecule has 2 aromatic rings. The molecule has 0 aliphatic heterocycles. The Hall–Kier alpha value is -2.04. The molecule has 2 rings (SSSR count). The minimum Gasteiger partial charge on any atom is -0.326 e. The summed E-state index contributed by atoms with van der Waals surface area (Å²) in [5.41, 5.74) is 6.77. The SMILES string of the molecule is CCCn1c(Sc2ccc(CN)cc2C#N)n[nH]c1=O. The van der Waals surface area contributed by atoms with Crippen molar-refractivity contribution in [1.82, 2.24) is 14.8 Å². The molecule has 6 nitrogen and oxygen atoms in total. The molecule has 0 fully saturated rings. The van der Waals surface area contributed by atoms with E-state index in [1.165, 1.54) is 11.8 Å². The topological polar surface area (TPSA) is 100 Å². The third-order valence-electron chi connectivity index (χ3n) is 2.77. The molecule has 7 heteroatoms. The number of nitrogens with zero attached hydrogens (tertiary/aromatic N) is 3. The molecule has 0 aliphatic rings. The Morgan fingerprint density at radius 2 is 2.35 bits per heavy atom. The molecule has 1 aromatic carbocycles. The lowest BCUT2D eigenvalue weighted by Gasteiger charge is -2.06. The highest BCUT2D eigenvalue weighted by Crippen LogP contribution is 2.28. The van der Waals surface area contributed by atoms with Crippen molar-refractivity contribution in [2.45, 2.75) is 36.5 Å². The predicted octanol–water partition coefficient (Wildman–Crippen LogP) is 1.46. The van der Waals surface area contributed by atoms with Crippen LogP contribution in [0.1, 0.15) is 24.5 Å². The van der Waals surface area contributed by atoms with Gasteiger partial charge in [-0.25, -0.2) is 9.89 Å². The number of hydrogen-bond acceptors (Lipinski definition) is 5. The normalized spacial score (nSPS) is 10.4. The summed E-state index contributed by atoms with van der Waals surface area (Å²) in [6.45, 7) is 2.98. The molecule has 1 heterocycles. The van der Waals surface area contributed by atoms with Gasteiger partial charge in [0.2, 0.25) is 0 Å². The number of hydrogen-bond donors (Lipinski definition) is 2. The summed E-state index contributed by atoms with van der Waals surface area (Å²) in [6.07, 6.45) is 0.838. The molecule has 0 saturated carbocycles. The maximum Gasteiger partial charge on any atom is 0.343 e. The lowest BCUT2D eigenvalue weighted by molar-refractivity contribution is 0.604. The highest BCUT2D eigenvalue weighted by Gasteiger charge is 2.12. The Bertz CT molecular complexity index is 698. The van der Waals surface area contributed by atoms with Gasteiger partial charge in [0.1, 0.15) is 6.07 Å². The summed E-state index contributed by atoms with van der Waals surface area (Å²) < 4.78 is 1.57. The molecule has 0 atom stereocenters. The number of nitriles is 1. The Morgan fingerprint density at radius 3 is 3.00 bits per heavy atom. The first-order chi connectivity index (χ1) is 9.69. The Kier molecular flexibility index (Phi) is 4.61. The van der Waals surface area contributed by atoms with Crippen LogP contribution in [0.5, 0.6) is 0 Å². The standard InChI is InChI=1S/C13H15N5OS/c1-2-5-18-12(19)16-17-13(18)20-11-4-3-9(7-14)6-10(11)8-15/h3-4,6H,2,5,7,14H2,1H3,(H,16,19). The molecule has 0 saturated heterocycles. The molecule has 104 valence electrons. The summed E-state index contributed by atoms with van der Waals surface area (Å²) in [5.74, 6) is 0. The highest BCUT2D eigenvalue weighted by molar-refractivity contribution is 7.99. The first kappa shape index (κ1) is 14.4. The molecule has 0 radical (unpaired) electrons. The molecule has 3 N–H and O–H groups in total. The molecule has 1 aromatic heterocycles. The fourth-order valence-corrected chi connectivity index (χ4v) is 2.70. The molecule has 20 heavy (non-hydrogen) atoms. The van der Waals surface area contributed by atoms with E-state index in [4.69, 9.17) is 5.73 Å². The highest BCUT2D eigenvalue weighted by atomic mass is 32.2. The third-order valence-corrected chi connectivity index (χ3v) is 3.84. The van der Waals surface area contributed by atoms with Crippen LogP contribution in [0.4, 0.5) is 0 Å². The lowest BCUT2D eigenvalue weighted by Crippen LogP contribution is -2.17. The Balaban J connectivity index is 2.35. The van der Waals surface area contributed by atoms with Gasteiger partial charge in [0, 0.05) is 18.0 Å². The van der Waals surface area contributed by atoms with Crippen LogP contribution in [-0.2, 0) is 13.1 Å². The van der Waals surface area contributed by atoms with Crippen LogP contribution in [0.2, 0.25) is 0 Å². The average molecular weight is 289 g/mol. The second-order valence-corrected chi connectivity index (χ2v) is 5.22. The van der Waals surface area contributed by atoms with E-state index in [2.05, 4.69) is 16.3 Å². The van der Waals surface area contributed by atoms with Crippen molar-refractivity contribution in [1.29, 1.82) is 5.26 Å². The van der Waals surface area contributed by atoms with Gasteiger partial charge in [0.15, 0.2) is 5.16 Å². The van der Waals surface area contributed by atoms with Crippen LogP contribution < -0.4 is 11.4 Å². The van der Waals surface area contributed by atoms with Crippen molar-refractivity contribution < 1.29 is 0 Å². The van der Waals surface area contributed by atoms with Gasteiger partial charge < -0.3 is 5.73 Å². The van der Waals surface area contributed by atoms with Gasteiger partial charge in [-0.05, 0) is 35.9 Å². The van der Waals surface area contributed by atoms with Crippen molar-refractivity contribution in [3.05, 3.63) is 39.8 Å². The number of H-pyrrole nitrogens is 1. The molecule has 0 spiro atoms. The molecule has 0 amide bonds. The first-order valence-corrected chi connectivity index (χ1v) is 7.07. The van der Waals surface area contributed by atoms with Gasteiger partial charge >= 0.3 is 5.69 Å². The van der Waals surface area contributed by atoms with Gasteiger partial charge in [-0.2, -0.15) is 5.26 Å². The molecule has 0 aliphatic carbocycles. The Morgan fingerprint density at radius 1 is 1.55 bits per heavy atom. The van der Waals surface area contributed by atoms with Crippen LogP contribution in [0.15, 0.2) is 33.0 Å². The number of aromatic amines is 1. The van der Waals surface area contributed by atoms with Crippen molar-refractivity contribution in [3.63, 3.8) is 0 Å². The second-order valence-electron chi connectivity index (χ2n) is 4.21. The van der Waals surface area contributed by atoms with E-state index in [1.54, 1.807) is 10.6 Å². The van der Waals surface area contributed by atoms with Crippen LogP contribution in [0.25, 0.3) is 0 Å². The van der Waals surface area contributed by atoms with E-state index < -0.39 is 0 Å². The van der Waals surface area contributed by atoms with E-state index in [1.807, 2.05) is 19.1 Å². The maximum absolute atomic E-state index is 11.6.